The molecule has 2 N–H and O–H groups in total. The molecule has 1 amide bonds. The van der Waals surface area contributed by atoms with Crippen molar-refractivity contribution in [3.05, 3.63) is 76.3 Å². The molecule has 0 saturated heterocycles. The summed E-state index contributed by atoms with van der Waals surface area (Å²) in [7, 11) is 0. The van der Waals surface area contributed by atoms with Crippen LogP contribution in [0.1, 0.15) is 53.2 Å². The second-order valence-electron chi connectivity index (χ2n) is 7.08. The van der Waals surface area contributed by atoms with Gasteiger partial charge in [-0.1, -0.05) is 42.8 Å². The van der Waals surface area contributed by atoms with Gasteiger partial charge in [0.1, 0.15) is 0 Å². The summed E-state index contributed by atoms with van der Waals surface area (Å²) < 4.78 is 0. The van der Waals surface area contributed by atoms with E-state index in [1.807, 2.05) is 24.3 Å². The number of nitrogens with one attached hydrogen (secondary N) is 2. The first-order valence-corrected chi connectivity index (χ1v) is 9.66. The maximum atomic E-state index is 12.3. The third-order valence-corrected chi connectivity index (χ3v) is 5.64. The monoisotopic (exact) mass is 366 g/mol. The number of fused-ring (bicyclic) bond motifs is 3. The predicted octanol–water partition coefficient (Wildman–Crippen LogP) is 5.31. The lowest BCUT2D eigenvalue weighted by molar-refractivity contribution is 0.0953. The van der Waals surface area contributed by atoms with Crippen LogP contribution in [0.3, 0.4) is 0 Å². The highest BCUT2D eigenvalue weighted by Crippen LogP contribution is 2.49. The van der Waals surface area contributed by atoms with Crippen molar-refractivity contribution in [1.29, 1.82) is 0 Å². The minimum absolute atomic E-state index is 0.00741. The van der Waals surface area contributed by atoms with E-state index in [4.69, 9.17) is 11.6 Å². The molecule has 3 nitrogen and oxygen atoms in total. The van der Waals surface area contributed by atoms with Crippen molar-refractivity contribution in [2.24, 2.45) is 5.92 Å². The molecule has 0 fully saturated rings. The predicted molar refractivity (Wildman–Crippen MR) is 107 cm³/mol. The topological polar surface area (TPSA) is 41.1 Å². The zero-order valence-corrected chi connectivity index (χ0v) is 15.6. The van der Waals surface area contributed by atoms with E-state index in [1.54, 1.807) is 0 Å². The maximum absolute atomic E-state index is 12.3. The molecule has 1 aliphatic carbocycles. The highest BCUT2D eigenvalue weighted by molar-refractivity contribution is 6.30. The number of hydrogen-bond acceptors (Lipinski definition) is 2. The SMILES string of the molecule is CCCNC(=O)c1ccc2c(c1)[C@@H]1C=CC[C@@H]1[C@@H](c1ccc(Cl)cc1)N2. The van der Waals surface area contributed by atoms with E-state index in [9.17, 15) is 4.79 Å². The molecule has 2 aliphatic rings. The van der Waals surface area contributed by atoms with Crippen LogP contribution in [0.4, 0.5) is 5.69 Å². The molecular weight excluding hydrogens is 344 g/mol. The van der Waals surface area contributed by atoms with Crippen LogP contribution < -0.4 is 10.6 Å². The molecule has 134 valence electrons. The molecule has 0 bridgehead atoms. The standard InChI is InChI=1S/C22H23ClN2O/c1-2-12-24-22(26)15-8-11-20-19(13-15)17-4-3-5-18(17)21(25-20)14-6-9-16(23)10-7-14/h3-4,6-11,13,17-18,21,25H,2,5,12H2,1H3,(H,24,26)/t17-,18+,21-/m1/s1. The highest BCUT2D eigenvalue weighted by Gasteiger charge is 2.38. The number of rotatable bonds is 4. The van der Waals surface area contributed by atoms with Gasteiger partial charge in [0.25, 0.3) is 5.91 Å². The first kappa shape index (κ1) is 17.2. The van der Waals surface area contributed by atoms with Crippen LogP contribution in [0.25, 0.3) is 0 Å². The van der Waals surface area contributed by atoms with E-state index in [1.165, 1.54) is 11.1 Å². The van der Waals surface area contributed by atoms with E-state index >= 15 is 0 Å². The Morgan fingerprint density at radius 2 is 2.04 bits per heavy atom. The summed E-state index contributed by atoms with van der Waals surface area (Å²) in [4.78, 5) is 12.3. The van der Waals surface area contributed by atoms with Crippen molar-refractivity contribution >= 4 is 23.2 Å². The lowest BCUT2D eigenvalue weighted by atomic mass is 9.76. The Morgan fingerprint density at radius 3 is 2.81 bits per heavy atom. The van der Waals surface area contributed by atoms with Crippen LogP contribution in [0.15, 0.2) is 54.6 Å². The van der Waals surface area contributed by atoms with Gasteiger partial charge in [0.15, 0.2) is 0 Å². The first-order chi connectivity index (χ1) is 12.7. The van der Waals surface area contributed by atoms with Crippen molar-refractivity contribution < 1.29 is 4.79 Å². The highest BCUT2D eigenvalue weighted by atomic mass is 35.5. The van der Waals surface area contributed by atoms with E-state index in [2.05, 4.69) is 47.9 Å². The average molecular weight is 367 g/mol. The number of halogens is 1. The van der Waals surface area contributed by atoms with Crippen molar-refractivity contribution in [2.75, 3.05) is 11.9 Å². The van der Waals surface area contributed by atoms with Gasteiger partial charge in [-0.05, 0) is 60.2 Å². The quantitative estimate of drug-likeness (QED) is 0.720. The fraction of sp³-hybridized carbons (Fsp3) is 0.318. The lowest BCUT2D eigenvalue weighted by Gasteiger charge is -2.37. The Labute approximate surface area is 159 Å². The van der Waals surface area contributed by atoms with Gasteiger partial charge in [0, 0.05) is 28.7 Å². The third kappa shape index (κ3) is 3.12. The molecule has 4 rings (SSSR count). The van der Waals surface area contributed by atoms with E-state index in [0.29, 0.717) is 18.4 Å². The number of carbonyl (C=O) groups is 1. The molecule has 2 aromatic carbocycles. The molecule has 0 spiro atoms. The van der Waals surface area contributed by atoms with Crippen LogP contribution in [0.2, 0.25) is 5.02 Å². The molecule has 1 aliphatic heterocycles. The molecule has 0 saturated carbocycles. The van der Waals surface area contributed by atoms with Crippen LogP contribution >= 0.6 is 11.6 Å². The van der Waals surface area contributed by atoms with Gasteiger partial charge in [-0.3, -0.25) is 4.79 Å². The molecule has 0 unspecified atom stereocenters. The van der Waals surface area contributed by atoms with Gasteiger partial charge >= 0.3 is 0 Å². The minimum Gasteiger partial charge on any atom is -0.378 e. The van der Waals surface area contributed by atoms with Crippen molar-refractivity contribution in [1.82, 2.24) is 5.32 Å². The van der Waals surface area contributed by atoms with E-state index in [-0.39, 0.29) is 11.9 Å². The van der Waals surface area contributed by atoms with E-state index < -0.39 is 0 Å². The van der Waals surface area contributed by atoms with Gasteiger partial charge in [0.2, 0.25) is 0 Å². The Balaban J connectivity index is 1.66. The Bertz CT molecular complexity index is 844. The summed E-state index contributed by atoms with van der Waals surface area (Å²) in [5, 5.41) is 7.42. The smallest absolute Gasteiger partial charge is 0.251 e. The summed E-state index contributed by atoms with van der Waals surface area (Å²) in [6.07, 6.45) is 6.53. The third-order valence-electron chi connectivity index (χ3n) is 5.39. The second-order valence-corrected chi connectivity index (χ2v) is 7.52. The number of anilines is 1. The molecule has 1 heterocycles. The van der Waals surface area contributed by atoms with Crippen LogP contribution in [-0.4, -0.2) is 12.5 Å². The molecule has 0 aromatic heterocycles. The minimum atomic E-state index is 0.00741. The molecule has 0 radical (unpaired) electrons. The summed E-state index contributed by atoms with van der Waals surface area (Å²) in [6, 6.07) is 14.4. The van der Waals surface area contributed by atoms with Gasteiger partial charge in [0.05, 0.1) is 6.04 Å². The van der Waals surface area contributed by atoms with E-state index in [0.717, 1.165) is 29.1 Å². The Hall–Kier alpha value is -2.26. The van der Waals surface area contributed by atoms with Crippen LogP contribution in [0, 0.1) is 5.92 Å². The molecule has 26 heavy (non-hydrogen) atoms. The molecular formula is C22H23ClN2O. The lowest BCUT2D eigenvalue weighted by Crippen LogP contribution is -2.30. The van der Waals surface area contributed by atoms with Gasteiger partial charge in [-0.2, -0.15) is 0 Å². The number of benzene rings is 2. The molecule has 3 atom stereocenters. The summed E-state index contributed by atoms with van der Waals surface area (Å²) in [6.45, 7) is 2.76. The Kier molecular flexibility index (Phi) is 4.73. The number of amides is 1. The average Bonchev–Trinajstić information content (AvgIpc) is 3.16. The summed E-state index contributed by atoms with van der Waals surface area (Å²) >= 11 is 6.06. The van der Waals surface area contributed by atoms with Gasteiger partial charge in [-0.15, -0.1) is 0 Å². The second kappa shape index (κ2) is 7.16. The first-order valence-electron chi connectivity index (χ1n) is 9.28. The zero-order chi connectivity index (χ0) is 18.1. The normalized spacial score (nSPS) is 23.1. The Morgan fingerprint density at radius 1 is 1.23 bits per heavy atom. The van der Waals surface area contributed by atoms with Crippen molar-refractivity contribution in [3.63, 3.8) is 0 Å². The number of carbonyl (C=O) groups excluding carboxylic acids is 1. The molecule has 2 aromatic rings. The number of allylic oxidation sites excluding steroid dienone is 2. The van der Waals surface area contributed by atoms with Crippen LogP contribution in [-0.2, 0) is 0 Å². The fourth-order valence-corrected chi connectivity index (χ4v) is 4.20. The summed E-state index contributed by atoms with van der Waals surface area (Å²) in [5.41, 5.74) is 4.33. The largest absolute Gasteiger partial charge is 0.378 e. The van der Waals surface area contributed by atoms with Crippen molar-refractivity contribution in [3.8, 4) is 0 Å². The van der Waals surface area contributed by atoms with Crippen molar-refractivity contribution in [2.45, 2.75) is 31.7 Å². The fourth-order valence-electron chi connectivity index (χ4n) is 4.08. The maximum Gasteiger partial charge on any atom is 0.251 e. The van der Waals surface area contributed by atoms with Gasteiger partial charge < -0.3 is 10.6 Å². The zero-order valence-electron chi connectivity index (χ0n) is 14.8. The molecule has 4 heteroatoms. The summed E-state index contributed by atoms with van der Waals surface area (Å²) in [5.74, 6) is 0.802. The van der Waals surface area contributed by atoms with Gasteiger partial charge in [-0.25, -0.2) is 0 Å². The number of hydrogen-bond donors (Lipinski definition) is 2. The van der Waals surface area contributed by atoms with Crippen LogP contribution in [0.5, 0.6) is 0 Å².